The van der Waals surface area contributed by atoms with Crippen molar-refractivity contribution in [2.24, 2.45) is 0 Å². The number of H-pyrrole nitrogens is 1. The molecule has 0 aliphatic carbocycles. The van der Waals surface area contributed by atoms with Crippen LogP contribution < -0.4 is 5.32 Å². The van der Waals surface area contributed by atoms with Gasteiger partial charge in [0.1, 0.15) is 5.82 Å². The largest absolute Gasteiger partial charge is 0.338 e. The maximum atomic E-state index is 4.82. The van der Waals surface area contributed by atoms with Crippen LogP contribution in [-0.4, -0.2) is 53.1 Å². The van der Waals surface area contributed by atoms with Crippen LogP contribution in [0.2, 0.25) is 0 Å². The second-order valence-electron chi connectivity index (χ2n) is 7.27. The van der Waals surface area contributed by atoms with Crippen LogP contribution in [0.5, 0.6) is 0 Å². The zero-order valence-corrected chi connectivity index (χ0v) is 15.6. The standard InChI is InChI=1S/C21H27N5/c1-15-13-18(16-5-10-26(11-6-16)12-9-22-2)14-19-20(15)25-21(24-19)17-3-7-23-8-4-17/h3-4,7-8,13-14,16,22H,5-6,9-12H2,1-2H3,(H,24,25). The first-order valence-corrected chi connectivity index (χ1v) is 9.52. The summed E-state index contributed by atoms with van der Waals surface area (Å²) in [6.45, 7) is 6.77. The van der Waals surface area contributed by atoms with Gasteiger partial charge in [-0.05, 0) is 75.1 Å². The maximum Gasteiger partial charge on any atom is 0.138 e. The average molecular weight is 349 g/mol. The fraction of sp³-hybridized carbons (Fsp3) is 0.429. The van der Waals surface area contributed by atoms with Crippen LogP contribution >= 0.6 is 0 Å². The molecule has 5 heteroatoms. The lowest BCUT2D eigenvalue weighted by atomic mass is 9.88. The summed E-state index contributed by atoms with van der Waals surface area (Å²) in [5.41, 5.74) is 6.01. The third kappa shape index (κ3) is 3.50. The molecule has 0 atom stereocenters. The highest BCUT2D eigenvalue weighted by Crippen LogP contribution is 2.32. The number of benzene rings is 1. The second-order valence-corrected chi connectivity index (χ2v) is 7.27. The van der Waals surface area contributed by atoms with E-state index in [4.69, 9.17) is 4.98 Å². The number of imidazole rings is 1. The summed E-state index contributed by atoms with van der Waals surface area (Å²) in [7, 11) is 2.02. The molecule has 1 fully saturated rings. The van der Waals surface area contributed by atoms with Gasteiger partial charge in [-0.15, -0.1) is 0 Å². The van der Waals surface area contributed by atoms with Gasteiger partial charge in [-0.25, -0.2) is 4.98 Å². The zero-order chi connectivity index (χ0) is 17.9. The number of piperidine rings is 1. The molecule has 1 aromatic carbocycles. The number of nitrogens with one attached hydrogen (secondary N) is 2. The Morgan fingerprint density at radius 2 is 1.96 bits per heavy atom. The number of nitrogens with zero attached hydrogens (tertiary/aromatic N) is 3. The van der Waals surface area contributed by atoms with Crippen molar-refractivity contribution in [1.29, 1.82) is 0 Å². The Morgan fingerprint density at radius 1 is 1.19 bits per heavy atom. The average Bonchev–Trinajstić information content (AvgIpc) is 3.12. The highest BCUT2D eigenvalue weighted by molar-refractivity contribution is 5.83. The van der Waals surface area contributed by atoms with Gasteiger partial charge in [-0.2, -0.15) is 0 Å². The first kappa shape index (κ1) is 17.2. The summed E-state index contributed by atoms with van der Waals surface area (Å²) in [6.07, 6.45) is 6.09. The Kier molecular flexibility index (Phi) is 5.00. The number of pyridine rings is 1. The van der Waals surface area contributed by atoms with Crippen molar-refractivity contribution in [3.8, 4) is 11.4 Å². The number of likely N-dealkylation sites (N-methyl/N-ethyl adjacent to an activating group) is 1. The van der Waals surface area contributed by atoms with E-state index in [-0.39, 0.29) is 0 Å². The fourth-order valence-corrected chi connectivity index (χ4v) is 3.96. The van der Waals surface area contributed by atoms with Crippen molar-refractivity contribution in [3.63, 3.8) is 0 Å². The summed E-state index contributed by atoms with van der Waals surface area (Å²) in [6, 6.07) is 8.64. The lowest BCUT2D eigenvalue weighted by Crippen LogP contribution is -2.37. The van der Waals surface area contributed by atoms with Gasteiger partial charge < -0.3 is 15.2 Å². The summed E-state index contributed by atoms with van der Waals surface area (Å²) in [4.78, 5) is 15.0. The van der Waals surface area contributed by atoms with Gasteiger partial charge in [0.25, 0.3) is 0 Å². The van der Waals surface area contributed by atoms with E-state index in [0.717, 1.165) is 35.5 Å². The number of aromatic amines is 1. The summed E-state index contributed by atoms with van der Waals surface area (Å²) in [5, 5.41) is 3.24. The maximum absolute atomic E-state index is 4.82. The smallest absolute Gasteiger partial charge is 0.138 e. The number of rotatable bonds is 5. The predicted molar refractivity (Wildman–Crippen MR) is 106 cm³/mol. The van der Waals surface area contributed by atoms with Crippen LogP contribution in [0.4, 0.5) is 0 Å². The summed E-state index contributed by atoms with van der Waals surface area (Å²) in [5.74, 6) is 1.57. The van der Waals surface area contributed by atoms with E-state index in [9.17, 15) is 0 Å². The number of hydrogen-bond donors (Lipinski definition) is 2. The molecule has 5 nitrogen and oxygen atoms in total. The van der Waals surface area contributed by atoms with Crippen molar-refractivity contribution < 1.29 is 0 Å². The molecule has 2 N–H and O–H groups in total. The lowest BCUT2D eigenvalue weighted by molar-refractivity contribution is 0.214. The Morgan fingerprint density at radius 3 is 2.69 bits per heavy atom. The molecule has 0 spiro atoms. The van der Waals surface area contributed by atoms with Crippen molar-refractivity contribution in [2.75, 3.05) is 33.2 Å². The van der Waals surface area contributed by atoms with Gasteiger partial charge in [0.05, 0.1) is 11.0 Å². The third-order valence-corrected chi connectivity index (χ3v) is 5.49. The summed E-state index contributed by atoms with van der Waals surface area (Å²) < 4.78 is 0. The van der Waals surface area contributed by atoms with E-state index < -0.39 is 0 Å². The third-order valence-electron chi connectivity index (χ3n) is 5.49. The van der Waals surface area contributed by atoms with Gasteiger partial charge in [0.15, 0.2) is 0 Å². The van der Waals surface area contributed by atoms with Crippen LogP contribution in [0.1, 0.15) is 29.9 Å². The molecule has 3 heterocycles. The first-order valence-electron chi connectivity index (χ1n) is 9.52. The normalized spacial score (nSPS) is 16.4. The molecule has 26 heavy (non-hydrogen) atoms. The first-order chi connectivity index (χ1) is 12.7. The van der Waals surface area contributed by atoms with E-state index >= 15 is 0 Å². The van der Waals surface area contributed by atoms with Crippen LogP contribution in [0, 0.1) is 6.92 Å². The van der Waals surface area contributed by atoms with E-state index in [1.165, 1.54) is 37.1 Å². The highest BCUT2D eigenvalue weighted by atomic mass is 15.1. The van der Waals surface area contributed by atoms with Gasteiger partial charge in [-0.1, -0.05) is 6.07 Å². The van der Waals surface area contributed by atoms with Gasteiger partial charge in [0.2, 0.25) is 0 Å². The molecule has 1 aliphatic rings. The Bertz CT molecular complexity index is 863. The molecular formula is C21H27N5. The predicted octanol–water partition coefficient (Wildman–Crippen LogP) is 3.33. The zero-order valence-electron chi connectivity index (χ0n) is 15.6. The SMILES string of the molecule is CNCCN1CCC(c2cc(C)c3nc(-c4ccncc4)[nH]c3c2)CC1. The molecule has 0 bridgehead atoms. The number of hydrogen-bond acceptors (Lipinski definition) is 4. The minimum Gasteiger partial charge on any atom is -0.338 e. The van der Waals surface area contributed by atoms with Crippen molar-refractivity contribution in [1.82, 2.24) is 25.2 Å². The van der Waals surface area contributed by atoms with Crippen molar-refractivity contribution >= 4 is 11.0 Å². The molecule has 0 amide bonds. The van der Waals surface area contributed by atoms with Gasteiger partial charge in [-0.3, -0.25) is 4.98 Å². The molecule has 0 saturated carbocycles. The van der Waals surface area contributed by atoms with Crippen LogP contribution in [0.15, 0.2) is 36.7 Å². The van der Waals surface area contributed by atoms with Crippen LogP contribution in [-0.2, 0) is 0 Å². The topological polar surface area (TPSA) is 56.8 Å². The fourth-order valence-electron chi connectivity index (χ4n) is 3.96. The van der Waals surface area contributed by atoms with E-state index in [1.54, 1.807) is 0 Å². The molecule has 4 rings (SSSR count). The molecule has 0 radical (unpaired) electrons. The van der Waals surface area contributed by atoms with Crippen LogP contribution in [0.25, 0.3) is 22.4 Å². The number of aromatic nitrogens is 3. The quantitative estimate of drug-likeness (QED) is 0.742. The number of aryl methyl sites for hydroxylation is 1. The second kappa shape index (κ2) is 7.56. The lowest BCUT2D eigenvalue weighted by Gasteiger charge is -2.32. The van der Waals surface area contributed by atoms with Gasteiger partial charge >= 0.3 is 0 Å². The van der Waals surface area contributed by atoms with E-state index in [0.29, 0.717) is 5.92 Å². The Labute approximate surface area is 154 Å². The minimum absolute atomic E-state index is 0.650. The molecule has 1 aliphatic heterocycles. The molecule has 1 saturated heterocycles. The molecule has 3 aromatic rings. The molecule has 0 unspecified atom stereocenters. The Balaban J connectivity index is 1.56. The number of likely N-dealkylation sites (tertiary alicyclic amines) is 1. The molecular weight excluding hydrogens is 322 g/mol. The minimum atomic E-state index is 0.650. The van der Waals surface area contributed by atoms with Crippen molar-refractivity contribution in [2.45, 2.75) is 25.7 Å². The summed E-state index contributed by atoms with van der Waals surface area (Å²) >= 11 is 0. The van der Waals surface area contributed by atoms with E-state index in [1.807, 2.05) is 31.6 Å². The van der Waals surface area contributed by atoms with Gasteiger partial charge in [0, 0.05) is 31.0 Å². The molecule has 2 aromatic heterocycles. The van der Waals surface area contributed by atoms with Crippen molar-refractivity contribution in [3.05, 3.63) is 47.8 Å². The Hall–Kier alpha value is -2.24. The van der Waals surface area contributed by atoms with E-state index in [2.05, 4.69) is 39.2 Å². The molecule has 136 valence electrons. The monoisotopic (exact) mass is 349 g/mol. The highest BCUT2D eigenvalue weighted by Gasteiger charge is 2.21. The number of fused-ring (bicyclic) bond motifs is 1. The van der Waals surface area contributed by atoms with Crippen LogP contribution in [0.3, 0.4) is 0 Å².